The van der Waals surface area contributed by atoms with Crippen molar-refractivity contribution in [1.82, 2.24) is 10.3 Å². The molecule has 0 aliphatic heterocycles. The highest BCUT2D eigenvalue weighted by molar-refractivity contribution is 5.99. The normalized spacial score (nSPS) is 11.4. The van der Waals surface area contributed by atoms with Crippen LogP contribution in [0.25, 0.3) is 10.9 Å². The quantitative estimate of drug-likeness (QED) is 0.415. The summed E-state index contributed by atoms with van der Waals surface area (Å²) in [7, 11) is 0. The molecule has 0 fully saturated rings. The van der Waals surface area contributed by atoms with Crippen LogP contribution in [-0.4, -0.2) is 35.8 Å². The van der Waals surface area contributed by atoms with Gasteiger partial charge >= 0.3 is 12.1 Å². The van der Waals surface area contributed by atoms with Crippen molar-refractivity contribution < 1.29 is 19.1 Å². The molecule has 0 unspecified atom stereocenters. The molecule has 7 nitrogen and oxygen atoms in total. The summed E-state index contributed by atoms with van der Waals surface area (Å²) in [6.07, 6.45) is 0.784. The lowest BCUT2D eigenvalue weighted by Gasteiger charge is -2.19. The summed E-state index contributed by atoms with van der Waals surface area (Å²) >= 11 is 0. The SMILES string of the molecule is CCOC(=O)c1[nH]c2ccc(N)cc2c1CCCNC(=O)OC(C)(C)C. The topological polar surface area (TPSA) is 106 Å². The van der Waals surface area contributed by atoms with E-state index in [9.17, 15) is 9.59 Å². The fourth-order valence-electron chi connectivity index (χ4n) is 2.67. The number of alkyl carbamates (subject to hydrolysis) is 1. The van der Waals surface area contributed by atoms with Crippen LogP contribution in [-0.2, 0) is 15.9 Å². The van der Waals surface area contributed by atoms with E-state index in [2.05, 4.69) is 10.3 Å². The van der Waals surface area contributed by atoms with Crippen LogP contribution in [0.5, 0.6) is 0 Å². The Balaban J connectivity index is 2.09. The number of esters is 1. The van der Waals surface area contributed by atoms with Gasteiger partial charge in [0.15, 0.2) is 0 Å². The Morgan fingerprint density at radius 2 is 2.00 bits per heavy atom. The Morgan fingerprint density at radius 1 is 1.27 bits per heavy atom. The Morgan fingerprint density at radius 3 is 2.65 bits per heavy atom. The van der Waals surface area contributed by atoms with E-state index in [0.717, 1.165) is 16.5 Å². The van der Waals surface area contributed by atoms with Gasteiger partial charge in [-0.2, -0.15) is 0 Å². The van der Waals surface area contributed by atoms with Crippen molar-refractivity contribution in [3.8, 4) is 0 Å². The number of ether oxygens (including phenoxy) is 2. The van der Waals surface area contributed by atoms with Crippen LogP contribution >= 0.6 is 0 Å². The van der Waals surface area contributed by atoms with Gasteiger partial charge in [0, 0.05) is 23.1 Å². The van der Waals surface area contributed by atoms with Crippen LogP contribution in [0.3, 0.4) is 0 Å². The minimum Gasteiger partial charge on any atom is -0.461 e. The zero-order chi connectivity index (χ0) is 19.3. The fourth-order valence-corrected chi connectivity index (χ4v) is 2.67. The van der Waals surface area contributed by atoms with Crippen molar-refractivity contribution in [2.45, 2.75) is 46.1 Å². The Hall–Kier alpha value is -2.70. The molecular formula is C19H27N3O4. The average molecular weight is 361 g/mol. The van der Waals surface area contributed by atoms with E-state index < -0.39 is 17.7 Å². The predicted octanol–water partition coefficient (Wildman–Crippen LogP) is 3.38. The molecule has 0 aliphatic carbocycles. The number of anilines is 1. The summed E-state index contributed by atoms with van der Waals surface area (Å²) in [4.78, 5) is 27.1. The maximum atomic E-state index is 12.2. The summed E-state index contributed by atoms with van der Waals surface area (Å²) in [5.74, 6) is -0.391. The van der Waals surface area contributed by atoms with Crippen LogP contribution in [0.1, 0.15) is 50.2 Å². The van der Waals surface area contributed by atoms with Crippen molar-refractivity contribution in [2.24, 2.45) is 0 Å². The van der Waals surface area contributed by atoms with Crippen LogP contribution in [0.15, 0.2) is 18.2 Å². The predicted molar refractivity (Wildman–Crippen MR) is 101 cm³/mol. The number of amides is 1. The molecule has 0 aliphatic rings. The first-order chi connectivity index (χ1) is 12.2. The molecule has 0 radical (unpaired) electrons. The number of aromatic nitrogens is 1. The molecule has 0 bridgehead atoms. The molecule has 7 heteroatoms. The molecule has 1 heterocycles. The number of H-pyrrole nitrogens is 1. The number of carbonyl (C=O) groups is 2. The van der Waals surface area contributed by atoms with Gasteiger partial charge in [-0.15, -0.1) is 0 Å². The molecule has 0 saturated heterocycles. The lowest BCUT2D eigenvalue weighted by molar-refractivity contribution is 0.0509. The van der Waals surface area contributed by atoms with Gasteiger partial charge in [0.1, 0.15) is 11.3 Å². The standard InChI is InChI=1S/C19H27N3O4/c1-5-25-17(23)16-13(14-11-12(20)8-9-15(14)22-16)7-6-10-21-18(24)26-19(2,3)4/h8-9,11,22H,5-7,10,20H2,1-4H3,(H,21,24). The smallest absolute Gasteiger partial charge is 0.407 e. The first kappa shape index (κ1) is 19.6. The molecule has 1 aromatic heterocycles. The molecule has 1 aromatic carbocycles. The lowest BCUT2D eigenvalue weighted by Crippen LogP contribution is -2.33. The third kappa shape index (κ3) is 5.15. The summed E-state index contributed by atoms with van der Waals surface area (Å²) in [6.45, 7) is 7.95. The number of aryl methyl sites for hydroxylation is 1. The first-order valence-electron chi connectivity index (χ1n) is 8.75. The number of hydrogen-bond acceptors (Lipinski definition) is 5. The molecule has 4 N–H and O–H groups in total. The maximum absolute atomic E-state index is 12.2. The highest BCUT2D eigenvalue weighted by Crippen LogP contribution is 2.26. The van der Waals surface area contributed by atoms with Gasteiger partial charge in [0.2, 0.25) is 0 Å². The zero-order valence-electron chi connectivity index (χ0n) is 15.8. The molecule has 0 spiro atoms. The highest BCUT2D eigenvalue weighted by Gasteiger charge is 2.19. The van der Waals surface area contributed by atoms with E-state index in [0.29, 0.717) is 37.4 Å². The van der Waals surface area contributed by atoms with E-state index >= 15 is 0 Å². The van der Waals surface area contributed by atoms with E-state index in [1.54, 1.807) is 13.0 Å². The van der Waals surface area contributed by atoms with E-state index in [1.165, 1.54) is 0 Å². The average Bonchev–Trinajstić information content (AvgIpc) is 2.88. The van der Waals surface area contributed by atoms with Gasteiger partial charge in [-0.25, -0.2) is 9.59 Å². The van der Waals surface area contributed by atoms with E-state index in [4.69, 9.17) is 15.2 Å². The second-order valence-electron chi connectivity index (χ2n) is 7.04. The van der Waals surface area contributed by atoms with Gasteiger partial charge < -0.3 is 25.5 Å². The minimum atomic E-state index is -0.532. The third-order valence-electron chi connectivity index (χ3n) is 3.68. The van der Waals surface area contributed by atoms with Gasteiger partial charge in [-0.3, -0.25) is 0 Å². The minimum absolute atomic E-state index is 0.302. The van der Waals surface area contributed by atoms with Crippen LogP contribution in [0, 0.1) is 0 Å². The second-order valence-corrected chi connectivity index (χ2v) is 7.04. The molecule has 0 atom stereocenters. The Labute approximate surface area is 153 Å². The second kappa shape index (κ2) is 8.12. The number of benzene rings is 1. The van der Waals surface area contributed by atoms with Gasteiger partial charge in [0.05, 0.1) is 6.61 Å². The number of rotatable bonds is 6. The first-order valence-corrected chi connectivity index (χ1v) is 8.75. The monoisotopic (exact) mass is 361 g/mol. The number of aromatic amines is 1. The summed E-state index contributed by atoms with van der Waals surface area (Å²) in [5, 5.41) is 3.62. The van der Waals surface area contributed by atoms with Crippen LogP contribution in [0.2, 0.25) is 0 Å². The van der Waals surface area contributed by atoms with Gasteiger partial charge in [-0.1, -0.05) is 0 Å². The number of hydrogen-bond donors (Lipinski definition) is 3. The van der Waals surface area contributed by atoms with E-state index in [1.807, 2.05) is 32.9 Å². The number of nitrogen functional groups attached to an aromatic ring is 1. The molecule has 2 rings (SSSR count). The molecule has 26 heavy (non-hydrogen) atoms. The van der Waals surface area contributed by atoms with Crippen molar-refractivity contribution in [1.29, 1.82) is 0 Å². The zero-order valence-corrected chi connectivity index (χ0v) is 15.8. The number of carbonyl (C=O) groups excluding carboxylic acids is 2. The van der Waals surface area contributed by atoms with Crippen molar-refractivity contribution in [2.75, 3.05) is 18.9 Å². The van der Waals surface area contributed by atoms with Crippen molar-refractivity contribution >= 4 is 28.7 Å². The van der Waals surface area contributed by atoms with Gasteiger partial charge in [0.25, 0.3) is 0 Å². The molecule has 1 amide bonds. The van der Waals surface area contributed by atoms with Crippen LogP contribution in [0.4, 0.5) is 10.5 Å². The largest absolute Gasteiger partial charge is 0.461 e. The number of nitrogens with two attached hydrogens (primary N) is 1. The third-order valence-corrected chi connectivity index (χ3v) is 3.68. The highest BCUT2D eigenvalue weighted by atomic mass is 16.6. The summed E-state index contributed by atoms with van der Waals surface area (Å²) in [5.41, 5.74) is 8.09. The molecule has 2 aromatic rings. The molecular weight excluding hydrogens is 334 g/mol. The number of nitrogens with one attached hydrogen (secondary N) is 2. The maximum Gasteiger partial charge on any atom is 0.407 e. The van der Waals surface area contributed by atoms with Crippen LogP contribution < -0.4 is 11.1 Å². The fraction of sp³-hybridized carbons (Fsp3) is 0.474. The summed E-state index contributed by atoms with van der Waals surface area (Å²) < 4.78 is 10.3. The Bertz CT molecular complexity index is 790. The number of fused-ring (bicyclic) bond motifs is 1. The molecule has 0 saturated carbocycles. The van der Waals surface area contributed by atoms with Crippen molar-refractivity contribution in [3.63, 3.8) is 0 Å². The van der Waals surface area contributed by atoms with Crippen molar-refractivity contribution in [3.05, 3.63) is 29.5 Å². The molecule has 142 valence electrons. The lowest BCUT2D eigenvalue weighted by atomic mass is 10.0. The van der Waals surface area contributed by atoms with Gasteiger partial charge in [-0.05, 0) is 64.3 Å². The van der Waals surface area contributed by atoms with E-state index in [-0.39, 0.29) is 0 Å². The summed E-state index contributed by atoms with van der Waals surface area (Å²) in [6, 6.07) is 5.46. The Kier molecular flexibility index (Phi) is 6.13.